The summed E-state index contributed by atoms with van der Waals surface area (Å²) in [5.41, 5.74) is 0.0954. The highest BCUT2D eigenvalue weighted by Gasteiger charge is 2.09. The van der Waals surface area contributed by atoms with Crippen molar-refractivity contribution in [3.8, 4) is 0 Å². The molecule has 82 valence electrons. The molecule has 0 heterocycles. The van der Waals surface area contributed by atoms with E-state index in [0.717, 1.165) is 4.90 Å². The largest absolute Gasteiger partial charge is 0.478 e. The van der Waals surface area contributed by atoms with Crippen LogP contribution in [-0.4, -0.2) is 28.0 Å². The number of carbonyl (C=O) groups is 1. The smallest absolute Gasteiger partial charge is 0.337 e. The van der Waals surface area contributed by atoms with Crippen LogP contribution in [0.2, 0.25) is 5.02 Å². The Labute approximate surface area is 97.1 Å². The molecule has 0 aromatic heterocycles. The number of aliphatic hydroxyl groups is 1. The Morgan fingerprint density at radius 2 is 2.27 bits per heavy atom. The van der Waals surface area contributed by atoms with Crippen LogP contribution in [0.15, 0.2) is 23.1 Å². The van der Waals surface area contributed by atoms with Crippen LogP contribution in [0.1, 0.15) is 17.3 Å². The third kappa shape index (κ3) is 3.74. The van der Waals surface area contributed by atoms with Crippen LogP contribution < -0.4 is 0 Å². The van der Waals surface area contributed by atoms with E-state index >= 15 is 0 Å². The normalized spacial score (nSPS) is 12.5. The maximum Gasteiger partial charge on any atom is 0.337 e. The molecule has 0 aliphatic carbocycles. The predicted molar refractivity (Wildman–Crippen MR) is 60.8 cm³/mol. The van der Waals surface area contributed by atoms with Crippen LogP contribution in [0.3, 0.4) is 0 Å². The molecule has 1 aromatic carbocycles. The lowest BCUT2D eigenvalue weighted by Crippen LogP contribution is -2.02. The standard InChI is InChI=1S/C10H11ClO3S/c1-6(12)5-15-7-2-3-8(10(13)14)9(11)4-7/h2-4,6,12H,5H2,1H3,(H,13,14). The molecule has 15 heavy (non-hydrogen) atoms. The summed E-state index contributed by atoms with van der Waals surface area (Å²) >= 11 is 7.22. The van der Waals surface area contributed by atoms with Crippen LogP contribution in [0.5, 0.6) is 0 Å². The summed E-state index contributed by atoms with van der Waals surface area (Å²) in [6, 6.07) is 4.75. The van der Waals surface area contributed by atoms with Gasteiger partial charge in [0.1, 0.15) is 0 Å². The Morgan fingerprint density at radius 3 is 2.73 bits per heavy atom. The molecule has 2 N–H and O–H groups in total. The van der Waals surface area contributed by atoms with Crippen LogP contribution in [0.25, 0.3) is 0 Å². The van der Waals surface area contributed by atoms with Crippen molar-refractivity contribution < 1.29 is 15.0 Å². The van der Waals surface area contributed by atoms with Gasteiger partial charge in [-0.1, -0.05) is 11.6 Å². The Balaban J connectivity index is 2.78. The number of hydrogen-bond acceptors (Lipinski definition) is 3. The monoisotopic (exact) mass is 246 g/mol. The lowest BCUT2D eigenvalue weighted by Gasteiger charge is -2.05. The average Bonchev–Trinajstić information content (AvgIpc) is 2.14. The molecular weight excluding hydrogens is 236 g/mol. The molecule has 0 amide bonds. The highest BCUT2D eigenvalue weighted by molar-refractivity contribution is 7.99. The van der Waals surface area contributed by atoms with Crippen molar-refractivity contribution in [1.82, 2.24) is 0 Å². The molecular formula is C10H11ClO3S. The fourth-order valence-electron chi connectivity index (χ4n) is 0.976. The van der Waals surface area contributed by atoms with Gasteiger partial charge in [0.25, 0.3) is 0 Å². The molecule has 1 aromatic rings. The van der Waals surface area contributed by atoms with E-state index in [0.29, 0.717) is 5.75 Å². The molecule has 0 radical (unpaired) electrons. The Bertz CT molecular complexity index is 366. The number of benzene rings is 1. The predicted octanol–water partition coefficient (Wildman–Crippen LogP) is 2.51. The van der Waals surface area contributed by atoms with Crippen molar-refractivity contribution in [2.45, 2.75) is 17.9 Å². The van der Waals surface area contributed by atoms with Gasteiger partial charge in [0.15, 0.2) is 0 Å². The number of halogens is 1. The first kappa shape index (κ1) is 12.4. The van der Waals surface area contributed by atoms with Gasteiger partial charge in [-0.2, -0.15) is 0 Å². The van der Waals surface area contributed by atoms with Crippen LogP contribution >= 0.6 is 23.4 Å². The summed E-state index contributed by atoms with van der Waals surface area (Å²) in [6.45, 7) is 1.69. The van der Waals surface area contributed by atoms with Crippen LogP contribution in [0, 0.1) is 0 Å². The molecule has 0 fully saturated rings. The average molecular weight is 247 g/mol. The fraction of sp³-hybridized carbons (Fsp3) is 0.300. The van der Waals surface area contributed by atoms with Gasteiger partial charge >= 0.3 is 5.97 Å². The van der Waals surface area contributed by atoms with Gasteiger partial charge in [-0.3, -0.25) is 0 Å². The summed E-state index contributed by atoms with van der Waals surface area (Å²) in [5.74, 6) is -0.477. The lowest BCUT2D eigenvalue weighted by molar-refractivity contribution is 0.0697. The third-order valence-corrected chi connectivity index (χ3v) is 3.21. The van der Waals surface area contributed by atoms with Crippen molar-refractivity contribution >= 4 is 29.3 Å². The Hall–Kier alpha value is -0.710. The first-order chi connectivity index (χ1) is 7.00. The van der Waals surface area contributed by atoms with E-state index in [2.05, 4.69) is 0 Å². The number of carboxylic acid groups (broad SMARTS) is 1. The minimum absolute atomic E-state index is 0.0954. The van der Waals surface area contributed by atoms with Crippen molar-refractivity contribution in [2.75, 3.05) is 5.75 Å². The number of rotatable bonds is 4. The topological polar surface area (TPSA) is 57.5 Å². The van der Waals surface area contributed by atoms with Gasteiger partial charge in [-0.05, 0) is 25.1 Å². The first-order valence-corrected chi connectivity index (χ1v) is 5.70. The quantitative estimate of drug-likeness (QED) is 0.802. The lowest BCUT2D eigenvalue weighted by atomic mass is 10.2. The molecule has 0 bridgehead atoms. The van der Waals surface area contributed by atoms with Gasteiger partial charge in [0.05, 0.1) is 16.7 Å². The highest BCUT2D eigenvalue weighted by Crippen LogP contribution is 2.25. The minimum Gasteiger partial charge on any atom is -0.478 e. The number of aliphatic hydroxyl groups excluding tert-OH is 1. The summed E-state index contributed by atoms with van der Waals surface area (Å²) in [4.78, 5) is 11.5. The van der Waals surface area contributed by atoms with Gasteiger partial charge in [-0.15, -0.1) is 11.8 Å². The zero-order chi connectivity index (χ0) is 11.4. The summed E-state index contributed by atoms with van der Waals surface area (Å²) in [5, 5.41) is 18.0. The molecule has 0 saturated carbocycles. The maximum atomic E-state index is 10.7. The third-order valence-electron chi connectivity index (χ3n) is 1.66. The molecule has 1 atom stereocenters. The van der Waals surface area contributed by atoms with Gasteiger partial charge in [0.2, 0.25) is 0 Å². The van der Waals surface area contributed by atoms with Crippen molar-refractivity contribution in [3.63, 3.8) is 0 Å². The van der Waals surface area contributed by atoms with Gasteiger partial charge < -0.3 is 10.2 Å². The summed E-state index contributed by atoms with van der Waals surface area (Å²) in [6.07, 6.45) is -0.395. The van der Waals surface area contributed by atoms with Crippen LogP contribution in [-0.2, 0) is 0 Å². The Morgan fingerprint density at radius 1 is 1.60 bits per heavy atom. The van der Waals surface area contributed by atoms with Crippen molar-refractivity contribution in [1.29, 1.82) is 0 Å². The number of hydrogen-bond donors (Lipinski definition) is 2. The number of carboxylic acids is 1. The van der Waals surface area contributed by atoms with Gasteiger partial charge in [-0.25, -0.2) is 4.79 Å². The van der Waals surface area contributed by atoms with E-state index in [9.17, 15) is 4.79 Å². The first-order valence-electron chi connectivity index (χ1n) is 4.34. The minimum atomic E-state index is -1.04. The summed E-state index contributed by atoms with van der Waals surface area (Å²) < 4.78 is 0. The molecule has 1 rings (SSSR count). The van der Waals surface area contributed by atoms with E-state index in [4.69, 9.17) is 21.8 Å². The van der Waals surface area contributed by atoms with E-state index in [1.54, 1.807) is 19.1 Å². The highest BCUT2D eigenvalue weighted by atomic mass is 35.5. The second kappa shape index (κ2) is 5.39. The molecule has 1 unspecified atom stereocenters. The van der Waals surface area contributed by atoms with Gasteiger partial charge in [0, 0.05) is 10.6 Å². The maximum absolute atomic E-state index is 10.7. The second-order valence-electron chi connectivity index (χ2n) is 3.11. The SMILES string of the molecule is CC(O)CSc1ccc(C(=O)O)c(Cl)c1. The zero-order valence-corrected chi connectivity index (χ0v) is 9.68. The van der Waals surface area contributed by atoms with E-state index < -0.39 is 12.1 Å². The molecule has 0 aliphatic heterocycles. The summed E-state index contributed by atoms with van der Waals surface area (Å²) in [7, 11) is 0. The number of thioether (sulfide) groups is 1. The molecule has 5 heteroatoms. The fourth-order valence-corrected chi connectivity index (χ4v) is 2.10. The van der Waals surface area contributed by atoms with Crippen molar-refractivity contribution in [3.05, 3.63) is 28.8 Å². The Kier molecular flexibility index (Phi) is 4.45. The molecule has 0 spiro atoms. The molecule has 0 saturated heterocycles. The molecule has 3 nitrogen and oxygen atoms in total. The van der Waals surface area contributed by atoms with Crippen LogP contribution in [0.4, 0.5) is 0 Å². The van der Waals surface area contributed by atoms with E-state index in [-0.39, 0.29) is 10.6 Å². The van der Waals surface area contributed by atoms with Crippen molar-refractivity contribution in [2.24, 2.45) is 0 Å². The zero-order valence-electron chi connectivity index (χ0n) is 8.11. The number of aromatic carboxylic acids is 1. The second-order valence-corrected chi connectivity index (χ2v) is 4.61. The van der Waals surface area contributed by atoms with E-state index in [1.165, 1.54) is 17.8 Å². The van der Waals surface area contributed by atoms with E-state index in [1.807, 2.05) is 0 Å². The molecule has 0 aliphatic rings.